The maximum atomic E-state index is 13.3. The van der Waals surface area contributed by atoms with Gasteiger partial charge in [0.1, 0.15) is 18.2 Å². The van der Waals surface area contributed by atoms with Gasteiger partial charge in [-0.2, -0.15) is 0 Å². The number of rotatable bonds is 7. The molecule has 1 aliphatic heterocycles. The lowest BCUT2D eigenvalue weighted by Crippen LogP contribution is -2.37. The average Bonchev–Trinajstić information content (AvgIpc) is 2.91. The third-order valence-corrected chi connectivity index (χ3v) is 3.17. The monoisotopic (exact) mass is 310 g/mol. The Morgan fingerprint density at radius 1 is 1.50 bits per heavy atom. The number of nitrogens with one attached hydrogen (secondary N) is 2. The number of carbonyl (C=O) groups excluding carboxylic acids is 2. The average molecular weight is 310 g/mol. The van der Waals surface area contributed by atoms with E-state index in [0.717, 1.165) is 6.07 Å². The first-order valence-electron chi connectivity index (χ1n) is 7.05. The number of hydrogen-bond acceptors (Lipinski definition) is 4. The van der Waals surface area contributed by atoms with Crippen LogP contribution < -0.4 is 21.1 Å². The van der Waals surface area contributed by atoms with Crippen LogP contribution in [0.2, 0.25) is 0 Å². The molecule has 1 aromatic carbocycles. The molecular weight excluding hydrogens is 291 g/mol. The molecule has 0 unspecified atom stereocenters. The minimum Gasteiger partial charge on any atom is -0.491 e. The summed E-state index contributed by atoms with van der Waals surface area (Å²) in [6, 6.07) is 3.58. The van der Waals surface area contributed by atoms with Crippen molar-refractivity contribution in [3.63, 3.8) is 0 Å². The molecule has 0 bridgehead atoms. The molecular formula is C14H19FN4O3. The van der Waals surface area contributed by atoms with Crippen LogP contribution >= 0.6 is 0 Å². The molecule has 1 aromatic rings. The maximum absolute atomic E-state index is 13.3. The van der Waals surface area contributed by atoms with E-state index in [1.165, 1.54) is 12.1 Å². The predicted molar refractivity (Wildman–Crippen MR) is 78.3 cm³/mol. The van der Waals surface area contributed by atoms with Crippen molar-refractivity contribution in [2.75, 3.05) is 39.3 Å². The fraction of sp³-hybridized carbons (Fsp3) is 0.429. The molecule has 0 aromatic heterocycles. The number of ether oxygens (including phenoxy) is 1. The van der Waals surface area contributed by atoms with Crippen molar-refractivity contribution >= 4 is 11.9 Å². The number of nitrogens with two attached hydrogens (primary N) is 1. The molecule has 3 amide bonds. The van der Waals surface area contributed by atoms with E-state index in [-0.39, 0.29) is 30.5 Å². The third kappa shape index (κ3) is 4.08. The molecule has 22 heavy (non-hydrogen) atoms. The van der Waals surface area contributed by atoms with E-state index in [1.807, 2.05) is 0 Å². The van der Waals surface area contributed by atoms with Crippen molar-refractivity contribution in [3.05, 3.63) is 29.6 Å². The van der Waals surface area contributed by atoms with Crippen LogP contribution in [-0.2, 0) is 0 Å². The highest BCUT2D eigenvalue weighted by molar-refractivity contribution is 5.97. The fourth-order valence-electron chi connectivity index (χ4n) is 2.10. The molecule has 1 saturated heterocycles. The van der Waals surface area contributed by atoms with Crippen molar-refractivity contribution in [1.29, 1.82) is 0 Å². The second-order valence-electron chi connectivity index (χ2n) is 4.75. The summed E-state index contributed by atoms with van der Waals surface area (Å²) < 4.78 is 18.7. The normalized spacial score (nSPS) is 13.9. The lowest BCUT2D eigenvalue weighted by Gasteiger charge is -2.15. The largest absolute Gasteiger partial charge is 0.491 e. The molecule has 1 aliphatic rings. The van der Waals surface area contributed by atoms with Gasteiger partial charge in [0.2, 0.25) is 0 Å². The van der Waals surface area contributed by atoms with Gasteiger partial charge >= 0.3 is 6.03 Å². The first-order chi connectivity index (χ1) is 10.6. The van der Waals surface area contributed by atoms with Crippen LogP contribution in [-0.4, -0.2) is 56.2 Å². The Morgan fingerprint density at radius 2 is 2.32 bits per heavy atom. The zero-order chi connectivity index (χ0) is 15.9. The molecule has 4 N–H and O–H groups in total. The number of benzene rings is 1. The zero-order valence-corrected chi connectivity index (χ0v) is 12.1. The minimum atomic E-state index is -0.524. The van der Waals surface area contributed by atoms with E-state index < -0.39 is 11.7 Å². The van der Waals surface area contributed by atoms with Gasteiger partial charge in [0.05, 0.1) is 5.56 Å². The van der Waals surface area contributed by atoms with Crippen LogP contribution in [0.1, 0.15) is 10.4 Å². The van der Waals surface area contributed by atoms with Crippen LogP contribution in [0.25, 0.3) is 0 Å². The van der Waals surface area contributed by atoms with Crippen molar-refractivity contribution in [2.24, 2.45) is 5.73 Å². The minimum absolute atomic E-state index is 0.110. The van der Waals surface area contributed by atoms with Gasteiger partial charge in [-0.1, -0.05) is 0 Å². The molecule has 8 heteroatoms. The summed E-state index contributed by atoms with van der Waals surface area (Å²) in [5.41, 5.74) is 5.46. The standard InChI is InChI=1S/C14H19FN4O3/c15-10-1-2-12(22-8-3-16)11(9-10)13(20)17-4-6-19-7-5-18-14(19)21/h1-2,9H,3-8,16H2,(H,17,20)(H,18,21). The first kappa shape index (κ1) is 16.0. The summed E-state index contributed by atoms with van der Waals surface area (Å²) in [7, 11) is 0. The summed E-state index contributed by atoms with van der Waals surface area (Å²) in [5.74, 6) is -0.696. The lowest BCUT2D eigenvalue weighted by atomic mass is 10.2. The summed E-state index contributed by atoms with van der Waals surface area (Å²) >= 11 is 0. The summed E-state index contributed by atoms with van der Waals surface area (Å²) in [6.45, 7) is 2.42. The van der Waals surface area contributed by atoms with Crippen molar-refractivity contribution in [3.8, 4) is 5.75 Å². The maximum Gasteiger partial charge on any atom is 0.317 e. The molecule has 0 radical (unpaired) electrons. The lowest BCUT2D eigenvalue weighted by molar-refractivity contribution is 0.0945. The predicted octanol–water partition coefficient (Wildman–Crippen LogP) is -0.0818. The molecule has 2 rings (SSSR count). The Balaban J connectivity index is 1.93. The Hall–Kier alpha value is -2.35. The Labute approximate surface area is 127 Å². The van der Waals surface area contributed by atoms with Gasteiger partial charge in [-0.25, -0.2) is 9.18 Å². The Bertz CT molecular complexity index is 553. The topological polar surface area (TPSA) is 96.7 Å². The van der Waals surface area contributed by atoms with E-state index in [0.29, 0.717) is 26.2 Å². The second kappa shape index (κ2) is 7.60. The number of carbonyl (C=O) groups is 2. The molecule has 0 spiro atoms. The van der Waals surface area contributed by atoms with Crippen LogP contribution in [0.4, 0.5) is 9.18 Å². The Kier molecular flexibility index (Phi) is 5.54. The quantitative estimate of drug-likeness (QED) is 0.656. The van der Waals surface area contributed by atoms with Gasteiger partial charge < -0.3 is 26.0 Å². The SMILES string of the molecule is NCCOc1ccc(F)cc1C(=O)NCCN1CCNC1=O. The number of amides is 3. The fourth-order valence-corrected chi connectivity index (χ4v) is 2.10. The van der Waals surface area contributed by atoms with Gasteiger partial charge in [-0.3, -0.25) is 4.79 Å². The number of halogens is 1. The van der Waals surface area contributed by atoms with E-state index in [2.05, 4.69) is 10.6 Å². The molecule has 120 valence electrons. The second-order valence-corrected chi connectivity index (χ2v) is 4.75. The summed E-state index contributed by atoms with van der Waals surface area (Å²) in [6.07, 6.45) is 0. The van der Waals surface area contributed by atoms with E-state index >= 15 is 0 Å². The van der Waals surface area contributed by atoms with Crippen molar-refractivity contribution in [2.45, 2.75) is 0 Å². The highest BCUT2D eigenvalue weighted by Gasteiger charge is 2.19. The zero-order valence-electron chi connectivity index (χ0n) is 12.1. The molecule has 1 fully saturated rings. The Morgan fingerprint density at radius 3 is 3.00 bits per heavy atom. The van der Waals surface area contributed by atoms with Gasteiger partial charge in [0.15, 0.2) is 0 Å². The van der Waals surface area contributed by atoms with Crippen LogP contribution in [0, 0.1) is 5.82 Å². The molecule has 7 nitrogen and oxygen atoms in total. The number of hydrogen-bond donors (Lipinski definition) is 3. The highest BCUT2D eigenvalue weighted by Crippen LogP contribution is 2.19. The summed E-state index contributed by atoms with van der Waals surface area (Å²) in [5, 5.41) is 5.32. The van der Waals surface area contributed by atoms with Gasteiger partial charge in [0.25, 0.3) is 5.91 Å². The van der Waals surface area contributed by atoms with Crippen molar-refractivity contribution < 1.29 is 18.7 Å². The van der Waals surface area contributed by atoms with Crippen LogP contribution in [0.15, 0.2) is 18.2 Å². The van der Waals surface area contributed by atoms with Crippen LogP contribution in [0.5, 0.6) is 5.75 Å². The van der Waals surface area contributed by atoms with Crippen molar-refractivity contribution in [1.82, 2.24) is 15.5 Å². The molecule has 0 atom stereocenters. The highest BCUT2D eigenvalue weighted by atomic mass is 19.1. The van der Waals surface area contributed by atoms with E-state index in [1.54, 1.807) is 4.90 Å². The van der Waals surface area contributed by atoms with Gasteiger partial charge in [0, 0.05) is 32.7 Å². The van der Waals surface area contributed by atoms with Gasteiger partial charge in [-0.15, -0.1) is 0 Å². The summed E-state index contributed by atoms with van der Waals surface area (Å²) in [4.78, 5) is 25.1. The third-order valence-electron chi connectivity index (χ3n) is 3.17. The van der Waals surface area contributed by atoms with E-state index in [9.17, 15) is 14.0 Å². The van der Waals surface area contributed by atoms with Gasteiger partial charge in [-0.05, 0) is 18.2 Å². The first-order valence-corrected chi connectivity index (χ1v) is 7.05. The molecule has 1 heterocycles. The number of nitrogens with zero attached hydrogens (tertiary/aromatic N) is 1. The molecule has 0 saturated carbocycles. The number of urea groups is 1. The molecule has 0 aliphatic carbocycles. The van der Waals surface area contributed by atoms with E-state index in [4.69, 9.17) is 10.5 Å². The van der Waals surface area contributed by atoms with Crippen LogP contribution in [0.3, 0.4) is 0 Å². The smallest absolute Gasteiger partial charge is 0.317 e.